The van der Waals surface area contributed by atoms with E-state index in [0.29, 0.717) is 5.92 Å². The first-order valence-corrected chi connectivity index (χ1v) is 6.41. The Bertz CT molecular complexity index is 342. The van der Waals surface area contributed by atoms with Crippen molar-refractivity contribution in [3.63, 3.8) is 0 Å². The van der Waals surface area contributed by atoms with Gasteiger partial charge in [0, 0.05) is 6.54 Å². The van der Waals surface area contributed by atoms with Crippen LogP contribution in [0.1, 0.15) is 40.5 Å². The van der Waals surface area contributed by atoms with E-state index in [4.69, 9.17) is 0 Å². The minimum Gasteiger partial charge on any atom is -0.342 e. The number of hydrogen-bond donors (Lipinski definition) is 1. The lowest BCUT2D eigenvalue weighted by atomic mass is 9.84. The summed E-state index contributed by atoms with van der Waals surface area (Å²) in [6, 6.07) is -0.702. The molecule has 1 aliphatic carbocycles. The first-order valence-electron chi connectivity index (χ1n) is 6.41. The van der Waals surface area contributed by atoms with Crippen LogP contribution in [-0.4, -0.2) is 35.3 Å². The molecule has 2 rings (SSSR count). The van der Waals surface area contributed by atoms with Crippen molar-refractivity contribution in [1.82, 2.24) is 10.2 Å². The fraction of sp³-hybridized carbons (Fsp3) is 0.846. The number of piperazine rings is 1. The van der Waals surface area contributed by atoms with Crippen LogP contribution in [0.3, 0.4) is 0 Å². The Kier molecular flexibility index (Phi) is 2.92. The average molecular weight is 238 g/mol. The summed E-state index contributed by atoms with van der Waals surface area (Å²) < 4.78 is 0. The molecule has 1 saturated heterocycles. The maximum Gasteiger partial charge on any atom is 0.246 e. The van der Waals surface area contributed by atoms with Crippen LogP contribution in [0.25, 0.3) is 0 Å². The highest BCUT2D eigenvalue weighted by atomic mass is 16.2. The van der Waals surface area contributed by atoms with Gasteiger partial charge in [0.2, 0.25) is 11.8 Å². The Hall–Kier alpha value is -1.06. The van der Waals surface area contributed by atoms with Crippen molar-refractivity contribution in [1.29, 1.82) is 0 Å². The Balaban J connectivity index is 2.17. The molecule has 4 heteroatoms. The summed E-state index contributed by atoms with van der Waals surface area (Å²) in [5, 5.41) is 2.85. The molecule has 1 aliphatic heterocycles. The molecule has 2 amide bonds. The third-order valence-corrected chi connectivity index (χ3v) is 3.68. The number of hydrogen-bond acceptors (Lipinski definition) is 2. The standard InChI is InChI=1S/C13H22N2O2/c1-8-11(16)14-10(13(2,3)4)12(17)15(8)7-9-5-6-9/h8-10H,5-7H2,1-4H3,(H,14,16). The van der Waals surface area contributed by atoms with Crippen LogP contribution in [0.2, 0.25) is 0 Å². The number of amides is 2. The molecule has 0 aromatic heterocycles. The molecule has 2 fully saturated rings. The van der Waals surface area contributed by atoms with Crippen LogP contribution in [0.15, 0.2) is 0 Å². The summed E-state index contributed by atoms with van der Waals surface area (Å²) in [6.45, 7) is 8.53. The Labute approximate surface area is 103 Å². The molecule has 1 N–H and O–H groups in total. The van der Waals surface area contributed by atoms with E-state index in [2.05, 4.69) is 5.32 Å². The van der Waals surface area contributed by atoms with Crippen molar-refractivity contribution in [2.24, 2.45) is 11.3 Å². The first kappa shape index (κ1) is 12.4. The number of carbonyl (C=O) groups is 2. The third kappa shape index (κ3) is 2.45. The van der Waals surface area contributed by atoms with E-state index in [-0.39, 0.29) is 29.3 Å². The normalized spacial score (nSPS) is 30.5. The SMILES string of the molecule is CC1C(=O)NC(C(C)(C)C)C(=O)N1CC1CC1. The number of rotatable bonds is 2. The maximum absolute atomic E-state index is 12.4. The Morgan fingerprint density at radius 3 is 2.35 bits per heavy atom. The van der Waals surface area contributed by atoms with Crippen molar-refractivity contribution < 1.29 is 9.59 Å². The monoisotopic (exact) mass is 238 g/mol. The van der Waals surface area contributed by atoms with Gasteiger partial charge >= 0.3 is 0 Å². The van der Waals surface area contributed by atoms with E-state index in [0.717, 1.165) is 6.54 Å². The van der Waals surface area contributed by atoms with Crippen LogP contribution in [0.5, 0.6) is 0 Å². The second kappa shape index (κ2) is 4.00. The number of carbonyl (C=O) groups excluding carboxylic acids is 2. The summed E-state index contributed by atoms with van der Waals surface area (Å²) >= 11 is 0. The van der Waals surface area contributed by atoms with Gasteiger partial charge in [-0.15, -0.1) is 0 Å². The van der Waals surface area contributed by atoms with Crippen LogP contribution in [0, 0.1) is 11.3 Å². The topological polar surface area (TPSA) is 49.4 Å². The van der Waals surface area contributed by atoms with E-state index < -0.39 is 0 Å². The molecule has 2 unspecified atom stereocenters. The molecular formula is C13H22N2O2. The highest BCUT2D eigenvalue weighted by Crippen LogP contribution is 2.32. The van der Waals surface area contributed by atoms with Crippen LogP contribution >= 0.6 is 0 Å². The second-order valence-corrected chi connectivity index (χ2v) is 6.42. The van der Waals surface area contributed by atoms with E-state index in [9.17, 15) is 9.59 Å². The van der Waals surface area contributed by atoms with Gasteiger partial charge in [-0.1, -0.05) is 20.8 Å². The number of nitrogens with zero attached hydrogens (tertiary/aromatic N) is 1. The molecule has 0 radical (unpaired) electrons. The molecule has 1 heterocycles. The predicted octanol–water partition coefficient (Wildman–Crippen LogP) is 1.16. The molecule has 17 heavy (non-hydrogen) atoms. The lowest BCUT2D eigenvalue weighted by Crippen LogP contribution is -2.66. The fourth-order valence-corrected chi connectivity index (χ4v) is 2.24. The molecule has 0 bridgehead atoms. The van der Waals surface area contributed by atoms with Crippen LogP contribution in [0.4, 0.5) is 0 Å². The van der Waals surface area contributed by atoms with Gasteiger partial charge < -0.3 is 10.2 Å². The van der Waals surface area contributed by atoms with Gasteiger partial charge in [0.05, 0.1) is 0 Å². The number of nitrogens with one attached hydrogen (secondary N) is 1. The molecule has 4 nitrogen and oxygen atoms in total. The lowest BCUT2D eigenvalue weighted by molar-refractivity contribution is -0.151. The zero-order valence-electron chi connectivity index (χ0n) is 11.1. The predicted molar refractivity (Wildman–Crippen MR) is 65.3 cm³/mol. The highest BCUT2D eigenvalue weighted by Gasteiger charge is 2.44. The van der Waals surface area contributed by atoms with Crippen molar-refractivity contribution in [3.8, 4) is 0 Å². The van der Waals surface area contributed by atoms with Gasteiger partial charge in [-0.3, -0.25) is 9.59 Å². The first-order chi connectivity index (χ1) is 7.80. The van der Waals surface area contributed by atoms with Gasteiger partial charge in [0.25, 0.3) is 0 Å². The molecule has 0 spiro atoms. The van der Waals surface area contributed by atoms with Gasteiger partial charge in [-0.05, 0) is 31.1 Å². The molecule has 1 saturated carbocycles. The quantitative estimate of drug-likeness (QED) is 0.784. The maximum atomic E-state index is 12.4. The van der Waals surface area contributed by atoms with E-state index >= 15 is 0 Å². The van der Waals surface area contributed by atoms with E-state index in [1.54, 1.807) is 4.90 Å². The van der Waals surface area contributed by atoms with Crippen LogP contribution in [-0.2, 0) is 9.59 Å². The van der Waals surface area contributed by atoms with Crippen LogP contribution < -0.4 is 5.32 Å². The largest absolute Gasteiger partial charge is 0.342 e. The molecule has 0 aromatic rings. The summed E-state index contributed by atoms with van der Waals surface area (Å²) in [5.41, 5.74) is -0.227. The molecule has 2 aliphatic rings. The fourth-order valence-electron chi connectivity index (χ4n) is 2.24. The van der Waals surface area contributed by atoms with Gasteiger partial charge in [0.1, 0.15) is 12.1 Å². The Morgan fingerprint density at radius 1 is 1.29 bits per heavy atom. The van der Waals surface area contributed by atoms with Crippen molar-refractivity contribution in [2.45, 2.75) is 52.6 Å². The van der Waals surface area contributed by atoms with Crippen molar-refractivity contribution >= 4 is 11.8 Å². The third-order valence-electron chi connectivity index (χ3n) is 3.68. The van der Waals surface area contributed by atoms with E-state index in [1.807, 2.05) is 27.7 Å². The smallest absolute Gasteiger partial charge is 0.246 e. The summed E-state index contributed by atoms with van der Waals surface area (Å²) in [6.07, 6.45) is 2.39. The van der Waals surface area contributed by atoms with Crippen molar-refractivity contribution in [3.05, 3.63) is 0 Å². The van der Waals surface area contributed by atoms with Crippen molar-refractivity contribution in [2.75, 3.05) is 6.54 Å². The second-order valence-electron chi connectivity index (χ2n) is 6.42. The van der Waals surface area contributed by atoms with Gasteiger partial charge in [0.15, 0.2) is 0 Å². The summed E-state index contributed by atoms with van der Waals surface area (Å²) in [7, 11) is 0. The zero-order chi connectivity index (χ0) is 12.8. The minimum absolute atomic E-state index is 0.0230. The molecule has 2 atom stereocenters. The summed E-state index contributed by atoms with van der Waals surface area (Å²) in [5.74, 6) is 0.676. The Morgan fingerprint density at radius 2 is 1.88 bits per heavy atom. The van der Waals surface area contributed by atoms with Gasteiger partial charge in [-0.25, -0.2) is 0 Å². The van der Waals surface area contributed by atoms with E-state index in [1.165, 1.54) is 12.8 Å². The zero-order valence-corrected chi connectivity index (χ0v) is 11.1. The molecule has 0 aromatic carbocycles. The molecular weight excluding hydrogens is 216 g/mol. The average Bonchev–Trinajstić information content (AvgIpc) is 3.00. The molecule has 96 valence electrons. The van der Waals surface area contributed by atoms with Gasteiger partial charge in [-0.2, -0.15) is 0 Å². The minimum atomic E-state index is -0.384. The summed E-state index contributed by atoms with van der Waals surface area (Å²) in [4.78, 5) is 26.1. The highest BCUT2D eigenvalue weighted by molar-refractivity contribution is 5.97. The lowest BCUT2D eigenvalue weighted by Gasteiger charge is -2.42.